The third kappa shape index (κ3) is 3.60. The number of anilines is 1. The molecule has 4 N–H and O–H groups in total. The van der Waals surface area contributed by atoms with E-state index in [2.05, 4.69) is 21.2 Å². The normalized spacial score (nSPS) is 11.1. The van der Waals surface area contributed by atoms with Crippen molar-refractivity contribution in [2.75, 3.05) is 5.32 Å². The molecule has 0 atom stereocenters. The fourth-order valence-electron chi connectivity index (χ4n) is 1.70. The quantitative estimate of drug-likeness (QED) is 0.767. The molecule has 0 aliphatic heterocycles. The first-order chi connectivity index (χ1) is 9.79. The van der Waals surface area contributed by atoms with Crippen molar-refractivity contribution in [3.8, 4) is 5.75 Å². The van der Waals surface area contributed by atoms with Crippen molar-refractivity contribution in [1.29, 1.82) is 0 Å². The first kappa shape index (κ1) is 15.5. The number of rotatable bonds is 3. The summed E-state index contributed by atoms with van der Waals surface area (Å²) in [6, 6.07) is 10.1. The van der Waals surface area contributed by atoms with Gasteiger partial charge in [-0.2, -0.15) is 0 Å². The Morgan fingerprint density at radius 3 is 2.52 bits per heavy atom. The maximum atomic E-state index is 12.1. The number of phenolic OH excluding ortho intramolecular Hbond substituents is 1. The fraction of sp³-hybridized carbons (Fsp3) is 0. The van der Waals surface area contributed by atoms with Gasteiger partial charge >= 0.3 is 0 Å². The lowest BCUT2D eigenvalue weighted by Gasteiger charge is -2.10. The van der Waals surface area contributed by atoms with E-state index in [-0.39, 0.29) is 21.9 Å². The zero-order valence-electron chi connectivity index (χ0n) is 10.6. The summed E-state index contributed by atoms with van der Waals surface area (Å²) in [5, 5.41) is 17.2. The van der Waals surface area contributed by atoms with E-state index in [0.717, 1.165) is 0 Å². The molecular formula is C13H11BrN2O4S. The number of hydrogen-bond donors (Lipinski definition) is 3. The number of nitrogens with one attached hydrogen (secondary N) is 1. The number of phenols is 1. The van der Waals surface area contributed by atoms with Gasteiger partial charge in [-0.3, -0.25) is 4.79 Å². The predicted molar refractivity (Wildman–Crippen MR) is 81.6 cm³/mol. The first-order valence-electron chi connectivity index (χ1n) is 5.71. The van der Waals surface area contributed by atoms with Gasteiger partial charge in [0.25, 0.3) is 5.91 Å². The van der Waals surface area contributed by atoms with Crippen LogP contribution < -0.4 is 10.5 Å². The average molecular weight is 371 g/mol. The molecule has 110 valence electrons. The Hall–Kier alpha value is -1.90. The van der Waals surface area contributed by atoms with Crippen LogP contribution in [0.25, 0.3) is 0 Å². The minimum atomic E-state index is -3.97. The summed E-state index contributed by atoms with van der Waals surface area (Å²) in [4.78, 5) is 11.9. The van der Waals surface area contributed by atoms with Crippen LogP contribution in [0.5, 0.6) is 5.75 Å². The van der Waals surface area contributed by atoms with Crippen LogP contribution in [0.4, 0.5) is 5.69 Å². The molecule has 1 amide bonds. The van der Waals surface area contributed by atoms with E-state index in [1.165, 1.54) is 30.3 Å². The molecule has 0 unspecified atom stereocenters. The summed E-state index contributed by atoms with van der Waals surface area (Å²) in [5.41, 5.74) is 0.0537. The fourth-order valence-corrected chi connectivity index (χ4v) is 2.75. The van der Waals surface area contributed by atoms with Crippen molar-refractivity contribution in [2.24, 2.45) is 5.14 Å². The highest BCUT2D eigenvalue weighted by Crippen LogP contribution is 2.25. The molecule has 0 aliphatic carbocycles. The van der Waals surface area contributed by atoms with Crippen LogP contribution in [0, 0.1) is 0 Å². The predicted octanol–water partition coefficient (Wildman–Crippen LogP) is 2.05. The average Bonchev–Trinajstić information content (AvgIpc) is 2.41. The number of sulfonamides is 1. The van der Waals surface area contributed by atoms with Crippen LogP contribution in [0.2, 0.25) is 0 Å². The second kappa shape index (κ2) is 5.84. The smallest absolute Gasteiger partial charge is 0.259 e. The number of amides is 1. The Labute approximate surface area is 129 Å². The van der Waals surface area contributed by atoms with E-state index in [4.69, 9.17) is 5.14 Å². The molecule has 0 aromatic heterocycles. The lowest BCUT2D eigenvalue weighted by atomic mass is 10.2. The number of aromatic hydroxyl groups is 1. The Morgan fingerprint density at radius 1 is 1.19 bits per heavy atom. The molecule has 2 rings (SSSR count). The maximum absolute atomic E-state index is 12.1. The molecule has 21 heavy (non-hydrogen) atoms. The minimum Gasteiger partial charge on any atom is -0.507 e. The number of primary sulfonamides is 1. The van der Waals surface area contributed by atoms with Crippen molar-refractivity contribution in [3.63, 3.8) is 0 Å². The first-order valence-corrected chi connectivity index (χ1v) is 8.04. The number of benzene rings is 2. The summed E-state index contributed by atoms with van der Waals surface area (Å²) in [5.74, 6) is -0.867. The molecule has 6 nitrogen and oxygen atoms in total. The number of nitrogens with two attached hydrogens (primary N) is 1. The summed E-state index contributed by atoms with van der Waals surface area (Å²) in [6.07, 6.45) is 0. The van der Waals surface area contributed by atoms with Crippen LogP contribution in [-0.2, 0) is 10.0 Å². The van der Waals surface area contributed by atoms with Crippen LogP contribution in [0.15, 0.2) is 51.8 Å². The van der Waals surface area contributed by atoms with Crippen LogP contribution in [0.1, 0.15) is 10.4 Å². The highest BCUT2D eigenvalue weighted by atomic mass is 79.9. The third-order valence-electron chi connectivity index (χ3n) is 2.65. The maximum Gasteiger partial charge on any atom is 0.259 e. The van der Waals surface area contributed by atoms with E-state index >= 15 is 0 Å². The van der Waals surface area contributed by atoms with Crippen molar-refractivity contribution in [3.05, 3.63) is 52.5 Å². The number of hydrogen-bond acceptors (Lipinski definition) is 4. The van der Waals surface area contributed by atoms with Crippen molar-refractivity contribution < 1.29 is 18.3 Å². The Bertz CT molecular complexity index is 806. The Kier molecular flexibility index (Phi) is 4.31. The van der Waals surface area contributed by atoms with Crippen molar-refractivity contribution in [1.82, 2.24) is 0 Å². The molecular weight excluding hydrogens is 360 g/mol. The standard InChI is InChI=1S/C13H11BrN2O4S/c14-8-5-6-11(17)9(7-8)13(18)16-10-3-1-2-4-12(10)21(15,19)20/h1-7,17H,(H,16,18)(H2,15,19,20). The summed E-state index contributed by atoms with van der Waals surface area (Å²) in [7, 11) is -3.97. The molecule has 8 heteroatoms. The molecule has 2 aromatic carbocycles. The molecule has 2 aromatic rings. The van der Waals surface area contributed by atoms with Gasteiger partial charge in [0.05, 0.1) is 11.3 Å². The van der Waals surface area contributed by atoms with E-state index in [1.807, 2.05) is 0 Å². The lowest BCUT2D eigenvalue weighted by molar-refractivity contribution is 0.102. The SMILES string of the molecule is NS(=O)(=O)c1ccccc1NC(=O)c1cc(Br)ccc1O. The van der Waals surface area contributed by atoms with Gasteiger partial charge in [-0.15, -0.1) is 0 Å². The lowest BCUT2D eigenvalue weighted by Crippen LogP contribution is -2.18. The topological polar surface area (TPSA) is 109 Å². The van der Waals surface area contributed by atoms with Gasteiger partial charge in [-0.05, 0) is 30.3 Å². The molecule has 0 spiro atoms. The van der Waals surface area contributed by atoms with Crippen molar-refractivity contribution in [2.45, 2.75) is 4.90 Å². The monoisotopic (exact) mass is 370 g/mol. The molecule has 0 heterocycles. The van der Waals surface area contributed by atoms with E-state index in [1.54, 1.807) is 12.1 Å². The van der Waals surface area contributed by atoms with Gasteiger partial charge in [0, 0.05) is 4.47 Å². The van der Waals surface area contributed by atoms with Gasteiger partial charge in [0.2, 0.25) is 10.0 Å². The summed E-state index contributed by atoms with van der Waals surface area (Å²) in [6.45, 7) is 0. The van der Waals surface area contributed by atoms with E-state index in [0.29, 0.717) is 4.47 Å². The third-order valence-corrected chi connectivity index (χ3v) is 4.11. The van der Waals surface area contributed by atoms with Crippen molar-refractivity contribution >= 4 is 37.5 Å². The van der Waals surface area contributed by atoms with Crippen LogP contribution >= 0.6 is 15.9 Å². The zero-order chi connectivity index (χ0) is 15.6. The van der Waals surface area contributed by atoms with Gasteiger partial charge in [-0.25, -0.2) is 13.6 Å². The number of carbonyl (C=O) groups excluding carboxylic acids is 1. The minimum absolute atomic E-state index is 0.00796. The molecule has 0 aliphatic rings. The molecule has 0 bridgehead atoms. The van der Waals surface area contributed by atoms with Gasteiger partial charge in [-0.1, -0.05) is 28.1 Å². The van der Waals surface area contributed by atoms with E-state index in [9.17, 15) is 18.3 Å². The number of carbonyl (C=O) groups is 1. The summed E-state index contributed by atoms with van der Waals surface area (Å²) >= 11 is 3.19. The highest BCUT2D eigenvalue weighted by molar-refractivity contribution is 9.10. The number of para-hydroxylation sites is 1. The van der Waals surface area contributed by atoms with Gasteiger partial charge in [0.15, 0.2) is 0 Å². The molecule has 0 fully saturated rings. The van der Waals surface area contributed by atoms with E-state index < -0.39 is 15.9 Å². The summed E-state index contributed by atoms with van der Waals surface area (Å²) < 4.78 is 23.5. The van der Waals surface area contributed by atoms with Crippen LogP contribution in [-0.4, -0.2) is 19.4 Å². The second-order valence-corrected chi connectivity index (χ2v) is 6.60. The largest absolute Gasteiger partial charge is 0.507 e. The van der Waals surface area contributed by atoms with Crippen LogP contribution in [0.3, 0.4) is 0 Å². The van der Waals surface area contributed by atoms with Gasteiger partial charge < -0.3 is 10.4 Å². The molecule has 0 saturated carbocycles. The number of halogens is 1. The molecule has 0 saturated heterocycles. The van der Waals surface area contributed by atoms with Gasteiger partial charge in [0.1, 0.15) is 10.6 Å². The zero-order valence-corrected chi connectivity index (χ0v) is 13.0. The highest BCUT2D eigenvalue weighted by Gasteiger charge is 2.17. The second-order valence-electron chi connectivity index (χ2n) is 4.16. The Morgan fingerprint density at radius 2 is 1.86 bits per heavy atom. The Balaban J connectivity index is 2.39. The molecule has 0 radical (unpaired) electrons.